The van der Waals surface area contributed by atoms with Gasteiger partial charge in [-0.15, -0.1) is 0 Å². The van der Waals surface area contributed by atoms with E-state index >= 15 is 0 Å². The van der Waals surface area contributed by atoms with E-state index < -0.39 is 0 Å². The van der Waals surface area contributed by atoms with E-state index in [1.165, 1.54) is 0 Å². The second-order valence-corrected chi connectivity index (χ2v) is 4.62. The molecule has 0 saturated carbocycles. The molecule has 16 heavy (non-hydrogen) atoms. The molecule has 0 fully saturated rings. The molecule has 0 heterocycles. The molecule has 0 aliphatic heterocycles. The smallest absolute Gasteiger partial charge is 0.0520 e. The summed E-state index contributed by atoms with van der Waals surface area (Å²) in [4.78, 5) is 0. The third-order valence-electron chi connectivity index (χ3n) is 2.35. The van der Waals surface area contributed by atoms with Gasteiger partial charge in [0.25, 0.3) is 0 Å². The lowest BCUT2D eigenvalue weighted by Gasteiger charge is -2.10. The summed E-state index contributed by atoms with van der Waals surface area (Å²) >= 11 is 18.5. The fourth-order valence-electron chi connectivity index (χ4n) is 1.54. The van der Waals surface area contributed by atoms with Gasteiger partial charge in [-0.05, 0) is 30.7 Å². The van der Waals surface area contributed by atoms with Gasteiger partial charge in [0, 0.05) is 21.2 Å². The molecule has 0 atom stereocenters. The normalized spacial score (nSPS) is 10.5. The molecule has 2 aromatic rings. The summed E-state index contributed by atoms with van der Waals surface area (Å²) in [7, 11) is 0. The maximum Gasteiger partial charge on any atom is 0.0520 e. The maximum atomic E-state index is 6.22. The number of halogens is 3. The van der Waals surface area contributed by atoms with Gasteiger partial charge in [0.05, 0.1) is 5.02 Å². The predicted octanol–water partition coefficient (Wildman–Crippen LogP) is 5.42. The monoisotopic (exact) mass is 269 g/mol. The topological polar surface area (TPSA) is 0 Å². The minimum Gasteiger partial charge on any atom is -0.0836 e. The van der Waals surface area contributed by atoms with Gasteiger partial charge in [-0.25, -0.2) is 0 Å². The Bertz CT molecular complexity index is 512. The van der Waals surface area contributed by atoms with Crippen LogP contribution in [0.5, 0.6) is 0 Å². The van der Waals surface area contributed by atoms with Crippen LogP contribution < -0.4 is 0 Å². The summed E-state index contributed by atoms with van der Waals surface area (Å²) in [6.45, 7) is 1.90. The largest absolute Gasteiger partial charge is 0.0836 e. The molecule has 3 heteroatoms. The van der Waals surface area contributed by atoms with E-state index in [1.54, 1.807) is 12.1 Å². The zero-order valence-electron chi connectivity index (χ0n) is 8.52. The Kier molecular flexibility index (Phi) is 3.44. The third-order valence-corrected chi connectivity index (χ3v) is 3.46. The Morgan fingerprint density at radius 2 is 1.62 bits per heavy atom. The molecule has 2 aromatic carbocycles. The molecule has 0 aliphatic rings. The summed E-state index contributed by atoms with van der Waals surface area (Å²) in [6, 6.07) is 12.1. The highest BCUT2D eigenvalue weighted by Gasteiger charge is 2.12. The van der Waals surface area contributed by atoms with Crippen molar-refractivity contribution >= 4 is 34.8 Å². The van der Waals surface area contributed by atoms with E-state index in [0.717, 1.165) is 16.7 Å². The van der Waals surface area contributed by atoms with E-state index in [-0.39, 0.29) is 0 Å². The van der Waals surface area contributed by atoms with E-state index in [1.807, 2.05) is 25.1 Å². The minimum absolute atomic E-state index is 0.597. The van der Waals surface area contributed by atoms with Gasteiger partial charge in [-0.1, -0.05) is 53.0 Å². The molecule has 1 radical (unpaired) electrons. The van der Waals surface area contributed by atoms with Gasteiger partial charge in [-0.3, -0.25) is 0 Å². The van der Waals surface area contributed by atoms with Crippen LogP contribution in [-0.4, -0.2) is 0 Å². The average molecular weight is 271 g/mol. The van der Waals surface area contributed by atoms with Crippen molar-refractivity contribution < 1.29 is 0 Å². The number of hydrogen-bond acceptors (Lipinski definition) is 0. The van der Waals surface area contributed by atoms with Crippen molar-refractivity contribution in [3.63, 3.8) is 0 Å². The molecule has 0 aliphatic carbocycles. The van der Waals surface area contributed by atoms with Crippen LogP contribution in [0.4, 0.5) is 0 Å². The molecule has 0 saturated heterocycles. The number of benzene rings is 2. The molecule has 2 rings (SSSR count). The number of rotatable bonds is 1. The molecular weight excluding hydrogens is 263 g/mol. The summed E-state index contributed by atoms with van der Waals surface area (Å²) < 4.78 is 0. The molecule has 0 unspecified atom stereocenters. The van der Waals surface area contributed by atoms with Crippen LogP contribution in [0.15, 0.2) is 30.3 Å². The lowest BCUT2D eigenvalue weighted by atomic mass is 10.0. The molecule has 0 amide bonds. The highest BCUT2D eigenvalue weighted by atomic mass is 35.5. The molecule has 0 spiro atoms. The van der Waals surface area contributed by atoms with Crippen LogP contribution in [0.25, 0.3) is 11.1 Å². The van der Waals surface area contributed by atoms with Crippen LogP contribution >= 0.6 is 34.8 Å². The van der Waals surface area contributed by atoms with Gasteiger partial charge in [0.1, 0.15) is 0 Å². The Morgan fingerprint density at radius 3 is 2.25 bits per heavy atom. The fraction of sp³-hybridized carbons (Fsp3) is 0.0769. The lowest BCUT2D eigenvalue weighted by molar-refractivity contribution is 1.45. The van der Waals surface area contributed by atoms with Crippen LogP contribution in [-0.2, 0) is 0 Å². The van der Waals surface area contributed by atoms with Crippen LogP contribution in [0.1, 0.15) is 5.56 Å². The van der Waals surface area contributed by atoms with Crippen molar-refractivity contribution in [3.8, 4) is 11.1 Å². The molecule has 0 nitrogen and oxygen atoms in total. The van der Waals surface area contributed by atoms with Crippen molar-refractivity contribution in [2.45, 2.75) is 6.92 Å². The van der Waals surface area contributed by atoms with Gasteiger partial charge in [0.15, 0.2) is 0 Å². The summed E-state index contributed by atoms with van der Waals surface area (Å²) in [5.74, 6) is 0. The second-order valence-electron chi connectivity index (χ2n) is 3.43. The van der Waals surface area contributed by atoms with E-state index in [0.29, 0.717) is 15.1 Å². The first-order valence-electron chi connectivity index (χ1n) is 4.72. The highest BCUT2D eigenvalue weighted by molar-refractivity contribution is 6.41. The standard InChI is InChI=1S/C13H8Cl3/c1-8-4-2-5-9(13(8)16)12-10(14)6-3-7-11(12)15/h2-3,5-7H,1H3. The maximum absolute atomic E-state index is 6.22. The molecule has 0 N–H and O–H groups in total. The first-order valence-corrected chi connectivity index (χ1v) is 5.86. The predicted molar refractivity (Wildman–Crippen MR) is 70.5 cm³/mol. The summed E-state index contributed by atoms with van der Waals surface area (Å²) in [5.41, 5.74) is 2.50. The van der Waals surface area contributed by atoms with Gasteiger partial charge in [-0.2, -0.15) is 0 Å². The first kappa shape index (κ1) is 11.8. The number of aryl methyl sites for hydroxylation is 1. The summed E-state index contributed by atoms with van der Waals surface area (Å²) in [6.07, 6.45) is 0. The van der Waals surface area contributed by atoms with Crippen molar-refractivity contribution in [1.82, 2.24) is 0 Å². The zero-order valence-corrected chi connectivity index (χ0v) is 10.8. The van der Waals surface area contributed by atoms with E-state index in [2.05, 4.69) is 6.07 Å². The van der Waals surface area contributed by atoms with Crippen LogP contribution in [0.2, 0.25) is 15.1 Å². The third kappa shape index (κ3) is 2.06. The van der Waals surface area contributed by atoms with Crippen molar-refractivity contribution in [2.24, 2.45) is 0 Å². The highest BCUT2D eigenvalue weighted by Crippen LogP contribution is 2.39. The molecule has 0 aromatic heterocycles. The van der Waals surface area contributed by atoms with Crippen molar-refractivity contribution in [3.05, 3.63) is 57.0 Å². The summed E-state index contributed by atoms with van der Waals surface area (Å²) in [5, 5.41) is 1.83. The van der Waals surface area contributed by atoms with Crippen LogP contribution in [0, 0.1) is 13.0 Å². The molecule has 0 bridgehead atoms. The minimum atomic E-state index is 0.597. The van der Waals surface area contributed by atoms with Crippen molar-refractivity contribution in [1.29, 1.82) is 0 Å². The Hall–Kier alpha value is -0.690. The Morgan fingerprint density at radius 1 is 1.00 bits per heavy atom. The average Bonchev–Trinajstić information content (AvgIpc) is 2.24. The molecular formula is C13H8Cl3. The molecule has 81 valence electrons. The number of hydrogen-bond donors (Lipinski definition) is 0. The quantitative estimate of drug-likeness (QED) is 0.649. The lowest BCUT2D eigenvalue weighted by Crippen LogP contribution is -1.85. The van der Waals surface area contributed by atoms with Gasteiger partial charge < -0.3 is 0 Å². The van der Waals surface area contributed by atoms with E-state index in [4.69, 9.17) is 34.8 Å². The first-order chi connectivity index (χ1) is 7.61. The fourth-order valence-corrected chi connectivity index (χ4v) is 2.35. The zero-order chi connectivity index (χ0) is 11.7. The van der Waals surface area contributed by atoms with E-state index in [9.17, 15) is 0 Å². The Labute approximate surface area is 110 Å². The SMILES string of the molecule is Cc1[c]ccc(-c2c(Cl)cccc2Cl)c1Cl. The van der Waals surface area contributed by atoms with Gasteiger partial charge >= 0.3 is 0 Å². The van der Waals surface area contributed by atoms with Crippen LogP contribution in [0.3, 0.4) is 0 Å². The Balaban J connectivity index is 2.73. The van der Waals surface area contributed by atoms with Gasteiger partial charge in [0.2, 0.25) is 0 Å². The second kappa shape index (κ2) is 4.67. The van der Waals surface area contributed by atoms with Crippen molar-refractivity contribution in [2.75, 3.05) is 0 Å².